The Bertz CT molecular complexity index is 322. The maximum absolute atomic E-state index is 5.98. The van der Waals surface area contributed by atoms with Crippen molar-refractivity contribution >= 4 is 11.6 Å². The topological polar surface area (TPSA) is 12.0 Å². The van der Waals surface area contributed by atoms with Gasteiger partial charge in [-0.3, -0.25) is 0 Å². The van der Waals surface area contributed by atoms with E-state index in [1.54, 1.807) is 0 Å². The molecule has 0 bridgehead atoms. The molecule has 0 fully saturated rings. The Morgan fingerprint density at radius 3 is 3.14 bits per heavy atom. The lowest BCUT2D eigenvalue weighted by molar-refractivity contribution is 0.472. The van der Waals surface area contributed by atoms with Crippen molar-refractivity contribution in [2.45, 2.75) is 32.2 Å². The fraction of sp³-hybridized carbons (Fsp3) is 0.500. The molecule has 2 rings (SSSR count). The molecule has 1 aliphatic carbocycles. The number of nitrogens with one attached hydrogen (secondary N) is 1. The first-order valence-corrected chi connectivity index (χ1v) is 5.70. The number of rotatable bonds is 2. The van der Waals surface area contributed by atoms with E-state index in [4.69, 9.17) is 11.6 Å². The van der Waals surface area contributed by atoms with Crippen LogP contribution in [0, 0.1) is 0 Å². The first-order chi connectivity index (χ1) is 6.81. The number of benzene rings is 1. The zero-order chi connectivity index (χ0) is 9.97. The maximum atomic E-state index is 5.98. The van der Waals surface area contributed by atoms with Crippen molar-refractivity contribution in [1.29, 1.82) is 0 Å². The largest absolute Gasteiger partial charge is 0.310 e. The van der Waals surface area contributed by atoms with Gasteiger partial charge in [0.05, 0.1) is 0 Å². The molecule has 1 unspecified atom stereocenters. The average molecular weight is 210 g/mol. The third-order valence-corrected chi connectivity index (χ3v) is 3.10. The summed E-state index contributed by atoms with van der Waals surface area (Å²) in [7, 11) is 0. The Labute approximate surface area is 90.5 Å². The van der Waals surface area contributed by atoms with Crippen molar-refractivity contribution in [1.82, 2.24) is 5.32 Å². The summed E-state index contributed by atoms with van der Waals surface area (Å²) in [6.45, 7) is 3.19. The molecule has 0 saturated carbocycles. The lowest BCUT2D eigenvalue weighted by atomic mass is 9.88. The number of hydrogen-bond acceptors (Lipinski definition) is 1. The molecule has 2 heteroatoms. The van der Waals surface area contributed by atoms with Crippen LogP contribution in [0.3, 0.4) is 0 Å². The molecule has 0 aliphatic heterocycles. The zero-order valence-electron chi connectivity index (χ0n) is 8.52. The number of fused-ring (bicyclic) bond motifs is 1. The summed E-state index contributed by atoms with van der Waals surface area (Å²) >= 11 is 5.98. The molecule has 0 aromatic heterocycles. The molecule has 76 valence electrons. The molecule has 1 atom stereocenters. The molecule has 1 aromatic rings. The van der Waals surface area contributed by atoms with Gasteiger partial charge in [0, 0.05) is 11.1 Å². The highest BCUT2D eigenvalue weighted by atomic mass is 35.5. The van der Waals surface area contributed by atoms with Gasteiger partial charge in [0.1, 0.15) is 0 Å². The minimum atomic E-state index is 0.543. The highest BCUT2D eigenvalue weighted by molar-refractivity contribution is 6.30. The molecule has 0 radical (unpaired) electrons. The molecule has 1 aliphatic rings. The van der Waals surface area contributed by atoms with Crippen LogP contribution in [0.5, 0.6) is 0 Å². The van der Waals surface area contributed by atoms with Crippen LogP contribution in [0.4, 0.5) is 0 Å². The summed E-state index contributed by atoms with van der Waals surface area (Å²) in [6, 6.07) is 6.82. The average Bonchev–Trinajstić information content (AvgIpc) is 2.18. The van der Waals surface area contributed by atoms with E-state index in [0.717, 1.165) is 11.6 Å². The van der Waals surface area contributed by atoms with Crippen LogP contribution in [0.1, 0.15) is 36.9 Å². The molecule has 1 aromatic carbocycles. The molecule has 0 spiro atoms. The van der Waals surface area contributed by atoms with Crippen LogP contribution in [0.2, 0.25) is 5.02 Å². The summed E-state index contributed by atoms with van der Waals surface area (Å²) in [5.41, 5.74) is 2.87. The van der Waals surface area contributed by atoms with E-state index in [9.17, 15) is 0 Å². The third kappa shape index (κ3) is 1.94. The van der Waals surface area contributed by atoms with Crippen LogP contribution in [0.25, 0.3) is 0 Å². The summed E-state index contributed by atoms with van der Waals surface area (Å²) in [6.07, 6.45) is 3.70. The molecule has 0 heterocycles. The van der Waals surface area contributed by atoms with Gasteiger partial charge < -0.3 is 5.32 Å². The molecule has 1 nitrogen and oxygen atoms in total. The number of aryl methyl sites for hydroxylation is 1. The molecule has 14 heavy (non-hydrogen) atoms. The normalized spacial score (nSPS) is 20.6. The van der Waals surface area contributed by atoms with Crippen LogP contribution >= 0.6 is 11.6 Å². The molecular weight excluding hydrogens is 194 g/mol. The predicted octanol–water partition coefficient (Wildman–Crippen LogP) is 3.33. The monoisotopic (exact) mass is 209 g/mol. The fourth-order valence-corrected chi connectivity index (χ4v) is 2.44. The summed E-state index contributed by atoms with van der Waals surface area (Å²) < 4.78 is 0. The van der Waals surface area contributed by atoms with Gasteiger partial charge in [0.25, 0.3) is 0 Å². The van der Waals surface area contributed by atoms with Crippen molar-refractivity contribution in [3.63, 3.8) is 0 Å². The summed E-state index contributed by atoms with van der Waals surface area (Å²) in [5.74, 6) is 0. The van der Waals surface area contributed by atoms with Crippen molar-refractivity contribution in [2.75, 3.05) is 6.54 Å². The van der Waals surface area contributed by atoms with E-state index < -0.39 is 0 Å². The standard InChI is InChI=1S/C12H16ClN/c1-2-14-12-5-3-4-9-8-10(13)6-7-11(9)12/h6-8,12,14H,2-5H2,1H3. The smallest absolute Gasteiger partial charge is 0.0408 e. The van der Waals surface area contributed by atoms with Crippen molar-refractivity contribution < 1.29 is 0 Å². The zero-order valence-corrected chi connectivity index (χ0v) is 9.27. The second-order valence-corrected chi connectivity index (χ2v) is 4.28. The number of hydrogen-bond donors (Lipinski definition) is 1. The quantitative estimate of drug-likeness (QED) is 0.788. The van der Waals surface area contributed by atoms with Gasteiger partial charge in [-0.1, -0.05) is 24.6 Å². The van der Waals surface area contributed by atoms with Gasteiger partial charge in [-0.15, -0.1) is 0 Å². The predicted molar refractivity (Wildman–Crippen MR) is 60.8 cm³/mol. The summed E-state index contributed by atoms with van der Waals surface area (Å²) in [4.78, 5) is 0. The maximum Gasteiger partial charge on any atom is 0.0408 e. The lowest BCUT2D eigenvalue weighted by Gasteiger charge is -2.26. The van der Waals surface area contributed by atoms with Crippen LogP contribution < -0.4 is 5.32 Å². The van der Waals surface area contributed by atoms with E-state index >= 15 is 0 Å². The lowest BCUT2D eigenvalue weighted by Crippen LogP contribution is -2.24. The van der Waals surface area contributed by atoms with Crippen LogP contribution in [-0.4, -0.2) is 6.54 Å². The van der Waals surface area contributed by atoms with E-state index in [1.807, 2.05) is 6.07 Å². The summed E-state index contributed by atoms with van der Waals surface area (Å²) in [5, 5.41) is 4.38. The van der Waals surface area contributed by atoms with Gasteiger partial charge in [-0.2, -0.15) is 0 Å². The van der Waals surface area contributed by atoms with Crippen molar-refractivity contribution in [2.24, 2.45) is 0 Å². The minimum absolute atomic E-state index is 0.543. The van der Waals surface area contributed by atoms with Crippen LogP contribution in [0.15, 0.2) is 18.2 Å². The molecule has 0 saturated heterocycles. The highest BCUT2D eigenvalue weighted by Crippen LogP contribution is 2.31. The van der Waals surface area contributed by atoms with E-state index in [2.05, 4.69) is 24.4 Å². The van der Waals surface area contributed by atoms with Gasteiger partial charge >= 0.3 is 0 Å². The van der Waals surface area contributed by atoms with E-state index in [0.29, 0.717) is 6.04 Å². The van der Waals surface area contributed by atoms with Gasteiger partial charge in [-0.25, -0.2) is 0 Å². The van der Waals surface area contributed by atoms with Gasteiger partial charge in [-0.05, 0) is 49.1 Å². The second kappa shape index (κ2) is 4.33. The highest BCUT2D eigenvalue weighted by Gasteiger charge is 2.18. The third-order valence-electron chi connectivity index (χ3n) is 2.87. The molecular formula is C12H16ClN. The Kier molecular flexibility index (Phi) is 3.09. The first kappa shape index (κ1) is 10.0. The Morgan fingerprint density at radius 2 is 2.36 bits per heavy atom. The Balaban J connectivity index is 2.30. The van der Waals surface area contributed by atoms with Crippen molar-refractivity contribution in [3.05, 3.63) is 34.3 Å². The van der Waals surface area contributed by atoms with Crippen LogP contribution in [-0.2, 0) is 6.42 Å². The van der Waals surface area contributed by atoms with Crippen molar-refractivity contribution in [3.8, 4) is 0 Å². The second-order valence-electron chi connectivity index (χ2n) is 3.85. The van der Waals surface area contributed by atoms with Gasteiger partial charge in [0.15, 0.2) is 0 Å². The van der Waals surface area contributed by atoms with Gasteiger partial charge in [0.2, 0.25) is 0 Å². The van der Waals surface area contributed by atoms with E-state index in [-0.39, 0.29) is 0 Å². The Hall–Kier alpha value is -0.530. The molecule has 0 amide bonds. The Morgan fingerprint density at radius 1 is 1.50 bits per heavy atom. The SMILES string of the molecule is CCNC1CCCc2cc(Cl)ccc21. The fourth-order valence-electron chi connectivity index (χ4n) is 2.24. The van der Waals surface area contributed by atoms with E-state index in [1.165, 1.54) is 30.4 Å². The molecule has 1 N–H and O–H groups in total. The minimum Gasteiger partial charge on any atom is -0.310 e. The number of halogens is 1. The first-order valence-electron chi connectivity index (χ1n) is 5.33.